The second-order valence-corrected chi connectivity index (χ2v) is 5.43. The van der Waals surface area contributed by atoms with Gasteiger partial charge in [-0.1, -0.05) is 15.9 Å². The van der Waals surface area contributed by atoms with Crippen molar-refractivity contribution in [2.45, 2.75) is 6.54 Å². The smallest absolute Gasteiger partial charge is 0.330 e. The molecule has 0 saturated heterocycles. The molecule has 1 aromatic carbocycles. The molecular formula is C13H12BrF2N3O2. The first-order chi connectivity index (χ1) is 9.81. The maximum absolute atomic E-state index is 13.7. The number of hydrogen-bond acceptors (Lipinski definition) is 3. The SMILES string of the molecule is Cn1cc(CNc2c(F)cc(Br)cc2F)c(=O)n(C)c1=O. The van der Waals surface area contributed by atoms with Crippen molar-refractivity contribution in [3.05, 3.63) is 60.8 Å². The summed E-state index contributed by atoms with van der Waals surface area (Å²) in [4.78, 5) is 23.4. The standard InChI is InChI=1S/C13H12BrF2N3O2/c1-18-6-7(12(20)19(2)13(18)21)5-17-11-9(15)3-8(14)4-10(11)16/h3-4,6,17H,5H2,1-2H3. The van der Waals surface area contributed by atoms with E-state index in [0.717, 1.165) is 16.7 Å². The van der Waals surface area contributed by atoms with Crippen LogP contribution in [0.1, 0.15) is 5.56 Å². The Kier molecular flexibility index (Phi) is 4.26. The van der Waals surface area contributed by atoms with Gasteiger partial charge in [-0.15, -0.1) is 0 Å². The third-order valence-electron chi connectivity index (χ3n) is 2.98. The number of benzene rings is 1. The van der Waals surface area contributed by atoms with Gasteiger partial charge in [-0.3, -0.25) is 9.36 Å². The third kappa shape index (κ3) is 3.05. The van der Waals surface area contributed by atoms with Crippen LogP contribution in [0.2, 0.25) is 0 Å². The number of halogens is 3. The fourth-order valence-corrected chi connectivity index (χ4v) is 2.30. The lowest BCUT2D eigenvalue weighted by molar-refractivity contribution is 0.586. The Morgan fingerprint density at radius 2 is 1.76 bits per heavy atom. The Morgan fingerprint density at radius 3 is 2.33 bits per heavy atom. The van der Waals surface area contributed by atoms with Crippen LogP contribution in [0, 0.1) is 11.6 Å². The zero-order chi connectivity index (χ0) is 15.7. The van der Waals surface area contributed by atoms with Gasteiger partial charge in [0.05, 0.1) is 5.56 Å². The Bertz CT molecular complexity index is 791. The minimum atomic E-state index is -0.775. The van der Waals surface area contributed by atoms with Crippen LogP contribution in [0.25, 0.3) is 0 Å². The predicted octanol–water partition coefficient (Wildman–Crippen LogP) is 1.74. The fraction of sp³-hybridized carbons (Fsp3) is 0.231. The first kappa shape index (κ1) is 15.4. The predicted molar refractivity (Wildman–Crippen MR) is 78.3 cm³/mol. The molecule has 8 heteroatoms. The maximum atomic E-state index is 13.7. The summed E-state index contributed by atoms with van der Waals surface area (Å²) in [6, 6.07) is 2.23. The highest BCUT2D eigenvalue weighted by Crippen LogP contribution is 2.23. The van der Waals surface area contributed by atoms with Crippen LogP contribution in [0.15, 0.2) is 32.4 Å². The number of aryl methyl sites for hydroxylation is 1. The molecule has 0 unspecified atom stereocenters. The molecule has 1 heterocycles. The summed E-state index contributed by atoms with van der Waals surface area (Å²) < 4.78 is 29.8. The van der Waals surface area contributed by atoms with Crippen molar-refractivity contribution in [3.63, 3.8) is 0 Å². The van der Waals surface area contributed by atoms with E-state index in [0.29, 0.717) is 0 Å². The van der Waals surface area contributed by atoms with Crippen molar-refractivity contribution >= 4 is 21.6 Å². The van der Waals surface area contributed by atoms with Gasteiger partial charge in [-0.05, 0) is 12.1 Å². The first-order valence-corrected chi connectivity index (χ1v) is 6.74. The quantitative estimate of drug-likeness (QED) is 0.907. The van der Waals surface area contributed by atoms with E-state index in [1.807, 2.05) is 0 Å². The first-order valence-electron chi connectivity index (χ1n) is 5.95. The molecular weight excluding hydrogens is 348 g/mol. The lowest BCUT2D eigenvalue weighted by Gasteiger charge is -2.10. The van der Waals surface area contributed by atoms with Crippen molar-refractivity contribution in [3.8, 4) is 0 Å². The molecule has 0 saturated carbocycles. The topological polar surface area (TPSA) is 56.0 Å². The molecule has 21 heavy (non-hydrogen) atoms. The summed E-state index contributed by atoms with van der Waals surface area (Å²) in [5.74, 6) is -1.55. The summed E-state index contributed by atoms with van der Waals surface area (Å²) in [6.45, 7) is -0.101. The molecule has 0 aliphatic heterocycles. The van der Waals surface area contributed by atoms with Crippen LogP contribution < -0.4 is 16.6 Å². The van der Waals surface area contributed by atoms with Gasteiger partial charge in [-0.2, -0.15) is 0 Å². The van der Waals surface area contributed by atoms with E-state index in [1.54, 1.807) is 0 Å². The Labute approximate surface area is 127 Å². The van der Waals surface area contributed by atoms with Crippen LogP contribution in [0.5, 0.6) is 0 Å². The monoisotopic (exact) mass is 359 g/mol. The Hall–Kier alpha value is -1.96. The van der Waals surface area contributed by atoms with Gasteiger partial charge in [0.25, 0.3) is 5.56 Å². The van der Waals surface area contributed by atoms with Gasteiger partial charge >= 0.3 is 5.69 Å². The molecule has 0 aliphatic carbocycles. The van der Waals surface area contributed by atoms with Crippen molar-refractivity contribution in [2.24, 2.45) is 14.1 Å². The molecule has 0 spiro atoms. The number of hydrogen-bond donors (Lipinski definition) is 1. The molecule has 0 fully saturated rings. The number of nitrogens with zero attached hydrogens (tertiary/aromatic N) is 2. The number of aromatic nitrogens is 2. The lowest BCUT2D eigenvalue weighted by Crippen LogP contribution is -2.38. The van der Waals surface area contributed by atoms with Gasteiger partial charge in [0.1, 0.15) is 17.3 Å². The molecule has 5 nitrogen and oxygen atoms in total. The molecule has 0 aliphatic rings. The second-order valence-electron chi connectivity index (χ2n) is 4.51. The Balaban J connectivity index is 2.34. The van der Waals surface area contributed by atoms with Gasteiger partial charge in [0, 0.05) is 31.3 Å². The third-order valence-corrected chi connectivity index (χ3v) is 3.44. The van der Waals surface area contributed by atoms with Crippen LogP contribution in [0.3, 0.4) is 0 Å². The molecule has 2 rings (SSSR count). The molecule has 112 valence electrons. The van der Waals surface area contributed by atoms with Gasteiger partial charge in [0.15, 0.2) is 0 Å². The van der Waals surface area contributed by atoms with Crippen LogP contribution >= 0.6 is 15.9 Å². The summed E-state index contributed by atoms with van der Waals surface area (Å²) >= 11 is 2.98. The van der Waals surface area contributed by atoms with E-state index in [2.05, 4.69) is 21.2 Å². The number of nitrogens with one attached hydrogen (secondary N) is 1. The van der Waals surface area contributed by atoms with E-state index in [4.69, 9.17) is 0 Å². The fourth-order valence-electron chi connectivity index (χ4n) is 1.90. The number of rotatable bonds is 3. The van der Waals surface area contributed by atoms with Crippen molar-refractivity contribution in [2.75, 3.05) is 5.32 Å². The summed E-state index contributed by atoms with van der Waals surface area (Å²) in [5.41, 5.74) is -1.08. The van der Waals surface area contributed by atoms with Gasteiger partial charge < -0.3 is 9.88 Å². The van der Waals surface area contributed by atoms with E-state index >= 15 is 0 Å². The Morgan fingerprint density at radius 1 is 1.19 bits per heavy atom. The maximum Gasteiger partial charge on any atom is 0.330 e. The highest BCUT2D eigenvalue weighted by Gasteiger charge is 2.12. The van der Waals surface area contributed by atoms with Crippen LogP contribution in [0.4, 0.5) is 14.5 Å². The zero-order valence-corrected chi connectivity index (χ0v) is 12.9. The van der Waals surface area contributed by atoms with E-state index in [1.165, 1.54) is 24.9 Å². The average molecular weight is 360 g/mol. The number of anilines is 1. The minimum absolute atomic E-state index is 0.101. The highest BCUT2D eigenvalue weighted by atomic mass is 79.9. The van der Waals surface area contributed by atoms with E-state index in [9.17, 15) is 18.4 Å². The van der Waals surface area contributed by atoms with Crippen molar-refractivity contribution in [1.82, 2.24) is 9.13 Å². The summed E-state index contributed by atoms with van der Waals surface area (Å²) in [6.07, 6.45) is 1.34. The lowest BCUT2D eigenvalue weighted by atomic mass is 10.2. The zero-order valence-electron chi connectivity index (χ0n) is 11.3. The van der Waals surface area contributed by atoms with Gasteiger partial charge in [-0.25, -0.2) is 13.6 Å². The van der Waals surface area contributed by atoms with Crippen molar-refractivity contribution < 1.29 is 8.78 Å². The van der Waals surface area contributed by atoms with E-state index < -0.39 is 22.9 Å². The second kappa shape index (κ2) is 5.80. The molecule has 0 atom stereocenters. The van der Waals surface area contributed by atoms with Gasteiger partial charge in [0.2, 0.25) is 0 Å². The molecule has 1 N–H and O–H groups in total. The molecule has 1 aromatic heterocycles. The van der Waals surface area contributed by atoms with Crippen molar-refractivity contribution in [1.29, 1.82) is 0 Å². The highest BCUT2D eigenvalue weighted by molar-refractivity contribution is 9.10. The average Bonchev–Trinajstić information content (AvgIpc) is 2.40. The molecule has 0 radical (unpaired) electrons. The minimum Gasteiger partial charge on any atom is -0.376 e. The summed E-state index contributed by atoms with van der Waals surface area (Å²) in [7, 11) is 2.83. The molecule has 0 amide bonds. The molecule has 0 bridgehead atoms. The summed E-state index contributed by atoms with van der Waals surface area (Å²) in [5, 5.41) is 2.54. The van der Waals surface area contributed by atoms with Crippen LogP contribution in [-0.4, -0.2) is 9.13 Å². The van der Waals surface area contributed by atoms with E-state index in [-0.39, 0.29) is 22.3 Å². The largest absolute Gasteiger partial charge is 0.376 e. The molecule has 2 aromatic rings. The van der Waals surface area contributed by atoms with Crippen LogP contribution in [-0.2, 0) is 20.6 Å². The normalized spacial score (nSPS) is 10.7.